The maximum Gasteiger partial charge on any atom is 0.222 e. The van der Waals surface area contributed by atoms with E-state index in [0.717, 1.165) is 25.3 Å². The highest BCUT2D eigenvalue weighted by molar-refractivity contribution is 5.75. The van der Waals surface area contributed by atoms with E-state index < -0.39 is 0 Å². The van der Waals surface area contributed by atoms with Crippen LogP contribution in [0, 0.1) is 5.92 Å². The van der Waals surface area contributed by atoms with Crippen molar-refractivity contribution in [1.82, 2.24) is 5.32 Å². The Morgan fingerprint density at radius 1 is 0.920 bits per heavy atom. The van der Waals surface area contributed by atoms with E-state index >= 15 is 0 Å². The number of carbonyl (C=O) groups excluding carboxylic acids is 1. The van der Waals surface area contributed by atoms with Gasteiger partial charge in [-0.15, -0.1) is 0 Å². The van der Waals surface area contributed by atoms with Gasteiger partial charge in [0.25, 0.3) is 0 Å². The van der Waals surface area contributed by atoms with Crippen LogP contribution in [-0.4, -0.2) is 71.9 Å². The molecule has 0 aliphatic heterocycles. The second-order valence-electron chi connectivity index (χ2n) is 5.99. The van der Waals surface area contributed by atoms with Crippen LogP contribution in [0.15, 0.2) is 0 Å². The third kappa shape index (κ3) is 19.4. The number of hydrogen-bond acceptors (Lipinski definition) is 6. The average Bonchev–Trinajstić information content (AvgIpc) is 2.62. The van der Waals surface area contributed by atoms with Gasteiger partial charge in [0.2, 0.25) is 5.91 Å². The molecule has 0 aromatic heterocycles. The molecule has 0 saturated carbocycles. The zero-order valence-electron chi connectivity index (χ0n) is 16.1. The molecule has 0 heterocycles. The number of ether oxygens (including phenoxy) is 4. The molecule has 7 heteroatoms. The Balaban J connectivity index is 3.16. The Kier molecular flexibility index (Phi) is 19.0. The molecule has 0 fully saturated rings. The summed E-state index contributed by atoms with van der Waals surface area (Å²) in [5.74, 6) is 0.783. The summed E-state index contributed by atoms with van der Waals surface area (Å²) < 4.78 is 21.2. The molecule has 0 aliphatic carbocycles. The average molecular weight is 363 g/mol. The molecule has 0 aromatic rings. The van der Waals surface area contributed by atoms with Gasteiger partial charge in [-0.25, -0.2) is 0 Å². The Hall–Kier alpha value is -0.730. The maximum absolute atomic E-state index is 11.6. The number of carbonyl (C=O) groups is 1. The molecule has 1 unspecified atom stereocenters. The van der Waals surface area contributed by atoms with Crippen molar-refractivity contribution >= 4 is 5.91 Å². The smallest absolute Gasteiger partial charge is 0.222 e. The molecule has 0 rings (SSSR count). The predicted octanol–water partition coefficient (Wildman–Crippen LogP) is 1.34. The molecule has 0 saturated heterocycles. The number of rotatable bonds is 19. The van der Waals surface area contributed by atoms with Crippen molar-refractivity contribution in [3.05, 3.63) is 0 Å². The van der Waals surface area contributed by atoms with Crippen LogP contribution >= 0.6 is 0 Å². The lowest BCUT2D eigenvalue weighted by atomic mass is 10.0. The molecular formula is C18H38N2O5. The van der Waals surface area contributed by atoms with Crippen LogP contribution < -0.4 is 11.1 Å². The Bertz CT molecular complexity index is 293. The summed E-state index contributed by atoms with van der Waals surface area (Å²) in [4.78, 5) is 11.6. The second kappa shape index (κ2) is 19.6. The van der Waals surface area contributed by atoms with Gasteiger partial charge in [-0.3, -0.25) is 4.79 Å². The zero-order chi connectivity index (χ0) is 18.6. The second-order valence-corrected chi connectivity index (χ2v) is 5.99. The summed E-state index contributed by atoms with van der Waals surface area (Å²) in [5, 5.41) is 2.92. The molecule has 1 atom stereocenters. The summed E-state index contributed by atoms with van der Waals surface area (Å²) in [6, 6.07) is 0. The largest absolute Gasteiger partial charge is 0.379 e. The monoisotopic (exact) mass is 362 g/mol. The van der Waals surface area contributed by atoms with Crippen molar-refractivity contribution in [3.63, 3.8) is 0 Å². The van der Waals surface area contributed by atoms with E-state index in [4.69, 9.17) is 24.7 Å². The summed E-state index contributed by atoms with van der Waals surface area (Å²) in [5.41, 5.74) is 5.30. The first-order valence-corrected chi connectivity index (χ1v) is 9.48. The minimum Gasteiger partial charge on any atom is -0.379 e. The quantitative estimate of drug-likeness (QED) is 0.337. The van der Waals surface area contributed by atoms with E-state index in [-0.39, 0.29) is 5.91 Å². The molecule has 0 bridgehead atoms. The molecule has 7 nitrogen and oxygen atoms in total. The van der Waals surface area contributed by atoms with Crippen LogP contribution in [0.25, 0.3) is 0 Å². The highest BCUT2D eigenvalue weighted by Crippen LogP contribution is 2.07. The van der Waals surface area contributed by atoms with E-state index in [0.29, 0.717) is 65.8 Å². The summed E-state index contributed by atoms with van der Waals surface area (Å²) in [7, 11) is 0. The Morgan fingerprint density at radius 3 is 1.96 bits per heavy atom. The fraction of sp³-hybridized carbons (Fsp3) is 0.944. The van der Waals surface area contributed by atoms with Crippen LogP contribution in [0.2, 0.25) is 0 Å². The maximum atomic E-state index is 11.6. The third-order valence-corrected chi connectivity index (χ3v) is 3.74. The highest BCUT2D eigenvalue weighted by atomic mass is 16.6. The lowest BCUT2D eigenvalue weighted by Gasteiger charge is -2.09. The normalized spacial score (nSPS) is 12.3. The van der Waals surface area contributed by atoms with Gasteiger partial charge in [0.1, 0.15) is 0 Å². The first-order chi connectivity index (χ1) is 12.2. The number of nitrogens with two attached hydrogens (primary N) is 1. The topological polar surface area (TPSA) is 92.0 Å². The summed E-state index contributed by atoms with van der Waals surface area (Å²) >= 11 is 0. The molecule has 0 aliphatic rings. The van der Waals surface area contributed by atoms with E-state index in [1.54, 1.807) is 0 Å². The number of nitrogens with one attached hydrogen (secondary N) is 1. The van der Waals surface area contributed by atoms with E-state index in [1.165, 1.54) is 6.42 Å². The first-order valence-electron chi connectivity index (χ1n) is 9.48. The van der Waals surface area contributed by atoms with E-state index in [2.05, 4.69) is 19.2 Å². The van der Waals surface area contributed by atoms with Gasteiger partial charge in [-0.2, -0.15) is 0 Å². The van der Waals surface area contributed by atoms with Gasteiger partial charge in [0.15, 0.2) is 0 Å². The zero-order valence-corrected chi connectivity index (χ0v) is 16.1. The van der Waals surface area contributed by atoms with E-state index in [1.807, 2.05) is 0 Å². The molecule has 0 aromatic carbocycles. The number of amides is 1. The molecule has 1 amide bonds. The van der Waals surface area contributed by atoms with E-state index in [9.17, 15) is 4.79 Å². The van der Waals surface area contributed by atoms with Crippen molar-refractivity contribution in [2.24, 2.45) is 11.7 Å². The predicted molar refractivity (Wildman–Crippen MR) is 98.6 cm³/mol. The minimum absolute atomic E-state index is 0.0512. The molecule has 0 spiro atoms. The van der Waals surface area contributed by atoms with Gasteiger partial charge in [-0.1, -0.05) is 20.3 Å². The van der Waals surface area contributed by atoms with Crippen molar-refractivity contribution in [3.8, 4) is 0 Å². The van der Waals surface area contributed by atoms with Gasteiger partial charge in [0, 0.05) is 19.5 Å². The van der Waals surface area contributed by atoms with Crippen molar-refractivity contribution < 1.29 is 23.7 Å². The minimum atomic E-state index is 0.0512. The van der Waals surface area contributed by atoms with Gasteiger partial charge in [-0.05, 0) is 18.8 Å². The Labute approximate surface area is 152 Å². The standard InChI is InChI=1S/C18H38N2O5/c1-3-17(2)5-4-8-20-18(21)6-9-22-11-13-24-15-16-25-14-12-23-10-7-19/h17H,3-16,19H2,1-2H3,(H,20,21). The van der Waals surface area contributed by atoms with Crippen LogP contribution in [0.1, 0.15) is 39.5 Å². The molecule has 0 radical (unpaired) electrons. The molecular weight excluding hydrogens is 324 g/mol. The third-order valence-electron chi connectivity index (χ3n) is 3.74. The van der Waals surface area contributed by atoms with Crippen LogP contribution in [0.4, 0.5) is 0 Å². The molecule has 150 valence electrons. The Morgan fingerprint density at radius 2 is 1.44 bits per heavy atom. The van der Waals surface area contributed by atoms with Crippen LogP contribution in [-0.2, 0) is 23.7 Å². The molecule has 3 N–H and O–H groups in total. The molecule has 25 heavy (non-hydrogen) atoms. The number of hydrogen-bond donors (Lipinski definition) is 2. The SMILES string of the molecule is CCC(C)CCCNC(=O)CCOCCOCCOCCOCCN. The van der Waals surface area contributed by atoms with Gasteiger partial charge >= 0.3 is 0 Å². The van der Waals surface area contributed by atoms with Crippen LogP contribution in [0.3, 0.4) is 0 Å². The fourth-order valence-electron chi connectivity index (χ4n) is 1.98. The highest BCUT2D eigenvalue weighted by Gasteiger charge is 2.02. The summed E-state index contributed by atoms with van der Waals surface area (Å²) in [6.45, 7) is 9.85. The summed E-state index contributed by atoms with van der Waals surface area (Å²) in [6.07, 6.45) is 3.79. The van der Waals surface area contributed by atoms with Crippen molar-refractivity contribution in [1.29, 1.82) is 0 Å². The van der Waals surface area contributed by atoms with Gasteiger partial charge in [0.05, 0.1) is 52.9 Å². The lowest BCUT2D eigenvalue weighted by Crippen LogP contribution is -2.26. The van der Waals surface area contributed by atoms with Crippen molar-refractivity contribution in [2.45, 2.75) is 39.5 Å². The lowest BCUT2D eigenvalue weighted by molar-refractivity contribution is -0.122. The van der Waals surface area contributed by atoms with Crippen LogP contribution in [0.5, 0.6) is 0 Å². The fourth-order valence-corrected chi connectivity index (χ4v) is 1.98. The first kappa shape index (κ1) is 24.3. The van der Waals surface area contributed by atoms with Gasteiger partial charge < -0.3 is 30.0 Å². The van der Waals surface area contributed by atoms with Crippen molar-refractivity contribution in [2.75, 3.05) is 65.9 Å².